The Morgan fingerprint density at radius 1 is 0.966 bits per heavy atom. The van der Waals surface area contributed by atoms with Crippen LogP contribution in [0.25, 0.3) is 10.9 Å². The van der Waals surface area contributed by atoms with E-state index in [0.29, 0.717) is 22.9 Å². The van der Waals surface area contributed by atoms with E-state index in [2.05, 4.69) is 15.6 Å². The number of hydrogen-bond acceptors (Lipinski definition) is 2. The molecule has 0 bridgehead atoms. The van der Waals surface area contributed by atoms with Crippen molar-refractivity contribution in [3.63, 3.8) is 0 Å². The van der Waals surface area contributed by atoms with E-state index >= 15 is 0 Å². The van der Waals surface area contributed by atoms with E-state index in [4.69, 9.17) is 0 Å². The molecule has 0 saturated heterocycles. The van der Waals surface area contributed by atoms with E-state index in [0.717, 1.165) is 42.1 Å². The number of carbonyl (C=O) groups is 2. The summed E-state index contributed by atoms with van der Waals surface area (Å²) in [6.45, 7) is 1.93. The first-order chi connectivity index (χ1) is 14.1. The minimum absolute atomic E-state index is 0.0802. The Balaban J connectivity index is 1.40. The van der Waals surface area contributed by atoms with Crippen molar-refractivity contribution in [2.75, 3.05) is 5.32 Å². The predicted molar refractivity (Wildman–Crippen MR) is 115 cm³/mol. The van der Waals surface area contributed by atoms with Gasteiger partial charge in [0.2, 0.25) is 0 Å². The van der Waals surface area contributed by atoms with Gasteiger partial charge in [0, 0.05) is 39.5 Å². The Hall–Kier alpha value is -3.08. The maximum absolute atomic E-state index is 12.9. The van der Waals surface area contributed by atoms with Gasteiger partial charge in [0.15, 0.2) is 0 Å². The van der Waals surface area contributed by atoms with Crippen molar-refractivity contribution in [2.24, 2.45) is 0 Å². The van der Waals surface area contributed by atoms with Crippen LogP contribution in [0.15, 0.2) is 36.4 Å². The Labute approximate surface area is 169 Å². The van der Waals surface area contributed by atoms with Crippen LogP contribution in [-0.4, -0.2) is 22.8 Å². The molecule has 2 aromatic carbocycles. The van der Waals surface area contributed by atoms with E-state index in [-0.39, 0.29) is 11.8 Å². The minimum atomic E-state index is -0.152. The van der Waals surface area contributed by atoms with Crippen molar-refractivity contribution in [3.05, 3.63) is 64.3 Å². The van der Waals surface area contributed by atoms with Crippen LogP contribution in [-0.2, 0) is 12.8 Å². The summed E-state index contributed by atoms with van der Waals surface area (Å²) >= 11 is 0. The van der Waals surface area contributed by atoms with Crippen LogP contribution in [0, 0.1) is 6.92 Å². The highest BCUT2D eigenvalue weighted by Crippen LogP contribution is 2.30. The molecule has 148 valence electrons. The smallest absolute Gasteiger partial charge is 0.255 e. The summed E-state index contributed by atoms with van der Waals surface area (Å²) in [5.41, 5.74) is 6.59. The monoisotopic (exact) mass is 387 g/mol. The molecule has 2 aliphatic carbocycles. The molecule has 0 unspecified atom stereocenters. The maximum Gasteiger partial charge on any atom is 0.255 e. The Morgan fingerprint density at radius 2 is 1.72 bits per heavy atom. The number of fused-ring (bicyclic) bond motifs is 3. The van der Waals surface area contributed by atoms with E-state index in [1.54, 1.807) is 12.1 Å². The summed E-state index contributed by atoms with van der Waals surface area (Å²) in [4.78, 5) is 28.8. The predicted octanol–water partition coefficient (Wildman–Crippen LogP) is 4.50. The second kappa shape index (κ2) is 7.07. The van der Waals surface area contributed by atoms with Gasteiger partial charge in [-0.25, -0.2) is 0 Å². The zero-order valence-electron chi connectivity index (χ0n) is 16.6. The number of nitrogens with one attached hydrogen (secondary N) is 3. The minimum Gasteiger partial charge on any atom is -0.358 e. The first-order valence-electron chi connectivity index (χ1n) is 10.4. The lowest BCUT2D eigenvalue weighted by Crippen LogP contribution is -2.25. The third-order valence-electron chi connectivity index (χ3n) is 6.02. The summed E-state index contributed by atoms with van der Waals surface area (Å²) in [5, 5.41) is 7.15. The average molecular weight is 387 g/mol. The number of amides is 2. The lowest BCUT2D eigenvalue weighted by atomic mass is 9.95. The van der Waals surface area contributed by atoms with Crippen LogP contribution in [0.5, 0.6) is 0 Å². The number of aromatic nitrogens is 1. The van der Waals surface area contributed by atoms with Gasteiger partial charge < -0.3 is 15.6 Å². The largest absolute Gasteiger partial charge is 0.358 e. The Kier molecular flexibility index (Phi) is 4.38. The van der Waals surface area contributed by atoms with Gasteiger partial charge in [-0.2, -0.15) is 0 Å². The molecule has 5 nitrogen and oxygen atoms in total. The SMILES string of the molecule is Cc1ccc(C(=O)NC2CC2)cc1NC(=O)c1ccc2[nH]c3c(c2c1)CCCC3. The molecule has 0 aliphatic heterocycles. The molecule has 3 N–H and O–H groups in total. The highest BCUT2D eigenvalue weighted by atomic mass is 16.2. The fourth-order valence-corrected chi connectivity index (χ4v) is 4.14. The molecular formula is C24H25N3O2. The molecule has 29 heavy (non-hydrogen) atoms. The van der Waals surface area contributed by atoms with Crippen LogP contribution in [0.4, 0.5) is 5.69 Å². The van der Waals surface area contributed by atoms with Crippen molar-refractivity contribution >= 4 is 28.4 Å². The lowest BCUT2D eigenvalue weighted by Gasteiger charge is -2.12. The van der Waals surface area contributed by atoms with Gasteiger partial charge in [-0.1, -0.05) is 6.07 Å². The van der Waals surface area contributed by atoms with Crippen molar-refractivity contribution < 1.29 is 9.59 Å². The molecule has 1 saturated carbocycles. The molecule has 1 fully saturated rings. The quantitative estimate of drug-likeness (QED) is 0.617. The van der Waals surface area contributed by atoms with Crippen LogP contribution in [0.2, 0.25) is 0 Å². The van der Waals surface area contributed by atoms with Gasteiger partial charge in [-0.05, 0) is 86.9 Å². The summed E-state index contributed by atoms with van der Waals surface area (Å²) in [7, 11) is 0. The van der Waals surface area contributed by atoms with Crippen molar-refractivity contribution in [2.45, 2.75) is 51.5 Å². The van der Waals surface area contributed by atoms with Crippen molar-refractivity contribution in [1.29, 1.82) is 0 Å². The fourth-order valence-electron chi connectivity index (χ4n) is 4.14. The van der Waals surface area contributed by atoms with Crippen molar-refractivity contribution in [3.8, 4) is 0 Å². The topological polar surface area (TPSA) is 74.0 Å². The lowest BCUT2D eigenvalue weighted by molar-refractivity contribution is 0.0949. The van der Waals surface area contributed by atoms with Crippen LogP contribution >= 0.6 is 0 Å². The number of benzene rings is 2. The molecule has 5 heteroatoms. The van der Waals surface area contributed by atoms with E-state index < -0.39 is 0 Å². The van der Waals surface area contributed by atoms with Gasteiger partial charge in [0.05, 0.1) is 0 Å². The van der Waals surface area contributed by atoms with Crippen molar-refractivity contribution in [1.82, 2.24) is 10.3 Å². The molecule has 2 amide bonds. The first-order valence-corrected chi connectivity index (χ1v) is 10.4. The molecule has 0 atom stereocenters. The second-order valence-corrected chi connectivity index (χ2v) is 8.28. The van der Waals surface area contributed by atoms with E-state index in [1.165, 1.54) is 24.1 Å². The summed E-state index contributed by atoms with van der Waals surface area (Å²) in [5.74, 6) is -0.233. The fraction of sp³-hybridized carbons (Fsp3) is 0.333. The number of carbonyl (C=O) groups excluding carboxylic acids is 2. The second-order valence-electron chi connectivity index (χ2n) is 8.28. The van der Waals surface area contributed by atoms with Gasteiger partial charge in [-0.15, -0.1) is 0 Å². The standard InChI is InChI=1S/C24H25N3O2/c1-14-6-7-16(23(28)25-17-9-10-17)13-22(14)27-24(29)15-8-11-21-19(12-15)18-4-2-3-5-20(18)26-21/h6-8,11-13,17,26H,2-5,9-10H2,1H3,(H,25,28)(H,27,29). The molecule has 0 radical (unpaired) electrons. The van der Waals surface area contributed by atoms with Gasteiger partial charge in [-0.3, -0.25) is 9.59 Å². The van der Waals surface area contributed by atoms with Gasteiger partial charge in [0.25, 0.3) is 11.8 Å². The Morgan fingerprint density at radius 3 is 2.55 bits per heavy atom. The van der Waals surface area contributed by atoms with Crippen LogP contribution in [0.1, 0.15) is 63.2 Å². The molecular weight excluding hydrogens is 362 g/mol. The van der Waals surface area contributed by atoms with Gasteiger partial charge in [0.1, 0.15) is 0 Å². The Bertz CT molecular complexity index is 1120. The maximum atomic E-state index is 12.9. The number of rotatable bonds is 4. The number of aromatic amines is 1. The molecule has 1 heterocycles. The summed E-state index contributed by atoms with van der Waals surface area (Å²) in [6, 6.07) is 11.6. The van der Waals surface area contributed by atoms with Gasteiger partial charge >= 0.3 is 0 Å². The molecule has 5 rings (SSSR count). The third kappa shape index (κ3) is 3.53. The zero-order valence-corrected chi connectivity index (χ0v) is 16.6. The average Bonchev–Trinajstić information content (AvgIpc) is 3.46. The number of H-pyrrole nitrogens is 1. The normalized spacial score (nSPS) is 15.8. The zero-order chi connectivity index (χ0) is 20.0. The van der Waals surface area contributed by atoms with Crippen LogP contribution in [0.3, 0.4) is 0 Å². The number of aryl methyl sites for hydroxylation is 3. The number of anilines is 1. The van der Waals surface area contributed by atoms with Crippen LogP contribution < -0.4 is 10.6 Å². The number of hydrogen-bond donors (Lipinski definition) is 3. The van der Waals surface area contributed by atoms with E-state index in [9.17, 15) is 9.59 Å². The van der Waals surface area contributed by atoms with E-state index in [1.807, 2.05) is 31.2 Å². The highest BCUT2D eigenvalue weighted by molar-refractivity contribution is 6.07. The highest BCUT2D eigenvalue weighted by Gasteiger charge is 2.24. The first kappa shape index (κ1) is 18.0. The third-order valence-corrected chi connectivity index (χ3v) is 6.02. The summed E-state index contributed by atoms with van der Waals surface area (Å²) in [6.07, 6.45) is 6.67. The summed E-state index contributed by atoms with van der Waals surface area (Å²) < 4.78 is 0. The molecule has 0 spiro atoms. The molecule has 1 aromatic heterocycles. The molecule has 2 aliphatic rings. The molecule has 3 aromatic rings.